The van der Waals surface area contributed by atoms with Crippen LogP contribution in [0, 0.1) is 5.92 Å². The molecule has 1 aliphatic carbocycles. The molecular weight excluding hydrogens is 260 g/mol. The van der Waals surface area contributed by atoms with Crippen LogP contribution in [-0.2, 0) is 0 Å². The van der Waals surface area contributed by atoms with Crippen LogP contribution >= 0.6 is 0 Å². The molecule has 1 saturated carbocycles. The fraction of sp³-hybridized carbons (Fsp3) is 0.500. The summed E-state index contributed by atoms with van der Waals surface area (Å²) in [5, 5.41) is 1.06. The summed E-state index contributed by atoms with van der Waals surface area (Å²) in [4.78, 5) is 18.4. The molecule has 0 radical (unpaired) electrons. The normalized spacial score (nSPS) is 23.2. The van der Waals surface area contributed by atoms with E-state index >= 15 is 0 Å². The Balaban J connectivity index is 1.65. The van der Waals surface area contributed by atoms with Gasteiger partial charge in [0.25, 0.3) is 5.91 Å². The highest BCUT2D eigenvalue weighted by Crippen LogP contribution is 2.36. The first-order valence-corrected chi connectivity index (χ1v) is 8.21. The maximum Gasteiger partial charge on any atom is 0.254 e. The summed E-state index contributed by atoms with van der Waals surface area (Å²) < 4.78 is 0. The molecular formula is C18H22N2O. The van der Waals surface area contributed by atoms with E-state index in [1.54, 1.807) is 0 Å². The van der Waals surface area contributed by atoms with Gasteiger partial charge in [-0.15, -0.1) is 0 Å². The number of likely N-dealkylation sites (tertiary alicyclic amines) is 1. The minimum Gasteiger partial charge on any atom is -0.361 e. The van der Waals surface area contributed by atoms with Crippen molar-refractivity contribution in [2.75, 3.05) is 6.54 Å². The van der Waals surface area contributed by atoms with Crippen molar-refractivity contribution in [3.63, 3.8) is 0 Å². The van der Waals surface area contributed by atoms with E-state index < -0.39 is 0 Å². The Bertz CT molecular complexity index is 654. The summed E-state index contributed by atoms with van der Waals surface area (Å²) in [6, 6.07) is 8.48. The molecule has 1 N–H and O–H groups in total. The number of amides is 1. The lowest BCUT2D eigenvalue weighted by Crippen LogP contribution is -2.39. The van der Waals surface area contributed by atoms with Crippen molar-refractivity contribution in [3.8, 4) is 0 Å². The van der Waals surface area contributed by atoms with Gasteiger partial charge in [0, 0.05) is 35.2 Å². The van der Waals surface area contributed by atoms with Gasteiger partial charge < -0.3 is 9.88 Å². The monoisotopic (exact) mass is 282 g/mol. The standard InChI is InChI=1S/C18H22N2O/c21-18(15-7-3-8-16-14(15)10-11-19-16)20-12-4-9-17(20)13-5-1-2-6-13/h3,7-8,10-11,13,17,19H,1-2,4-6,9,12H2/t17-/m1/s1. The second-order valence-electron chi connectivity index (χ2n) is 6.50. The zero-order valence-corrected chi connectivity index (χ0v) is 12.3. The fourth-order valence-corrected chi connectivity index (χ4v) is 4.30. The van der Waals surface area contributed by atoms with Crippen LogP contribution in [0.5, 0.6) is 0 Å². The number of benzene rings is 1. The van der Waals surface area contributed by atoms with Crippen LogP contribution in [0.15, 0.2) is 30.5 Å². The Hall–Kier alpha value is -1.77. The number of hydrogen-bond donors (Lipinski definition) is 1. The van der Waals surface area contributed by atoms with E-state index in [-0.39, 0.29) is 5.91 Å². The lowest BCUT2D eigenvalue weighted by atomic mass is 9.95. The van der Waals surface area contributed by atoms with E-state index in [1.165, 1.54) is 32.1 Å². The Labute approximate surface area is 125 Å². The minimum absolute atomic E-state index is 0.231. The molecule has 1 aromatic carbocycles. The van der Waals surface area contributed by atoms with Gasteiger partial charge >= 0.3 is 0 Å². The predicted octanol–water partition coefficient (Wildman–Crippen LogP) is 3.96. The zero-order chi connectivity index (χ0) is 14.2. The molecule has 2 aliphatic rings. The number of hydrogen-bond acceptors (Lipinski definition) is 1. The van der Waals surface area contributed by atoms with Gasteiger partial charge in [-0.05, 0) is 49.8 Å². The largest absolute Gasteiger partial charge is 0.361 e. The first-order valence-electron chi connectivity index (χ1n) is 8.21. The Morgan fingerprint density at radius 1 is 1.10 bits per heavy atom. The van der Waals surface area contributed by atoms with Crippen LogP contribution in [0.2, 0.25) is 0 Å². The van der Waals surface area contributed by atoms with Crippen LogP contribution in [0.3, 0.4) is 0 Å². The van der Waals surface area contributed by atoms with E-state index in [0.717, 1.165) is 35.3 Å². The molecule has 21 heavy (non-hydrogen) atoms. The average Bonchev–Trinajstić information content (AvgIpc) is 3.23. The van der Waals surface area contributed by atoms with Gasteiger partial charge in [-0.3, -0.25) is 4.79 Å². The van der Waals surface area contributed by atoms with E-state index in [2.05, 4.69) is 9.88 Å². The van der Waals surface area contributed by atoms with Gasteiger partial charge in [0.05, 0.1) is 0 Å². The molecule has 1 saturated heterocycles. The lowest BCUT2D eigenvalue weighted by molar-refractivity contribution is 0.0691. The fourth-order valence-electron chi connectivity index (χ4n) is 4.30. The van der Waals surface area contributed by atoms with E-state index in [9.17, 15) is 4.79 Å². The summed E-state index contributed by atoms with van der Waals surface area (Å²) >= 11 is 0. The van der Waals surface area contributed by atoms with Crippen molar-refractivity contribution in [1.82, 2.24) is 9.88 Å². The predicted molar refractivity (Wildman–Crippen MR) is 84.3 cm³/mol. The number of H-pyrrole nitrogens is 1. The second kappa shape index (κ2) is 5.21. The van der Waals surface area contributed by atoms with Crippen LogP contribution in [-0.4, -0.2) is 28.4 Å². The lowest BCUT2D eigenvalue weighted by Gasteiger charge is -2.29. The smallest absolute Gasteiger partial charge is 0.254 e. The van der Waals surface area contributed by atoms with Crippen molar-refractivity contribution in [1.29, 1.82) is 0 Å². The Kier molecular flexibility index (Phi) is 3.21. The molecule has 3 heteroatoms. The average molecular weight is 282 g/mol. The number of carbonyl (C=O) groups is 1. The molecule has 1 atom stereocenters. The Morgan fingerprint density at radius 3 is 2.81 bits per heavy atom. The van der Waals surface area contributed by atoms with Gasteiger partial charge in [0.1, 0.15) is 0 Å². The molecule has 0 unspecified atom stereocenters. The molecule has 0 spiro atoms. The number of aromatic nitrogens is 1. The van der Waals surface area contributed by atoms with E-state index in [1.807, 2.05) is 30.5 Å². The number of carbonyl (C=O) groups excluding carboxylic acids is 1. The zero-order valence-electron chi connectivity index (χ0n) is 12.3. The number of fused-ring (bicyclic) bond motifs is 1. The number of nitrogens with one attached hydrogen (secondary N) is 1. The third kappa shape index (κ3) is 2.15. The molecule has 3 nitrogen and oxygen atoms in total. The highest BCUT2D eigenvalue weighted by molar-refractivity contribution is 6.06. The van der Waals surface area contributed by atoms with Crippen LogP contribution in [0.1, 0.15) is 48.9 Å². The summed E-state index contributed by atoms with van der Waals surface area (Å²) in [7, 11) is 0. The second-order valence-corrected chi connectivity index (χ2v) is 6.50. The molecule has 1 aliphatic heterocycles. The van der Waals surface area contributed by atoms with Crippen LogP contribution in [0.25, 0.3) is 10.9 Å². The SMILES string of the molecule is O=C(c1cccc2[nH]ccc12)N1CCC[C@@H]1C1CCCC1. The maximum atomic E-state index is 13.0. The van der Waals surface area contributed by atoms with Gasteiger partial charge in [-0.25, -0.2) is 0 Å². The highest BCUT2D eigenvalue weighted by atomic mass is 16.2. The summed E-state index contributed by atoms with van der Waals surface area (Å²) in [6.45, 7) is 0.931. The molecule has 4 rings (SSSR count). The topological polar surface area (TPSA) is 36.1 Å². The molecule has 1 aromatic heterocycles. The quantitative estimate of drug-likeness (QED) is 0.889. The first-order chi connectivity index (χ1) is 10.3. The van der Waals surface area contributed by atoms with Crippen molar-refractivity contribution in [2.24, 2.45) is 5.92 Å². The van der Waals surface area contributed by atoms with Gasteiger partial charge in [-0.2, -0.15) is 0 Å². The van der Waals surface area contributed by atoms with Crippen LogP contribution in [0.4, 0.5) is 0 Å². The summed E-state index contributed by atoms with van der Waals surface area (Å²) in [5.74, 6) is 0.969. The van der Waals surface area contributed by atoms with E-state index in [4.69, 9.17) is 0 Å². The molecule has 2 fully saturated rings. The summed E-state index contributed by atoms with van der Waals surface area (Å²) in [6.07, 6.45) is 9.58. The third-order valence-electron chi connectivity index (χ3n) is 5.33. The first kappa shape index (κ1) is 12.9. The molecule has 0 bridgehead atoms. The van der Waals surface area contributed by atoms with Crippen molar-refractivity contribution < 1.29 is 4.79 Å². The van der Waals surface area contributed by atoms with Crippen molar-refractivity contribution in [3.05, 3.63) is 36.0 Å². The van der Waals surface area contributed by atoms with Gasteiger partial charge in [0.2, 0.25) is 0 Å². The molecule has 1 amide bonds. The molecule has 2 aromatic rings. The number of rotatable bonds is 2. The van der Waals surface area contributed by atoms with Gasteiger partial charge in [-0.1, -0.05) is 18.9 Å². The van der Waals surface area contributed by atoms with E-state index in [0.29, 0.717) is 6.04 Å². The van der Waals surface area contributed by atoms with Crippen molar-refractivity contribution >= 4 is 16.8 Å². The molecule has 110 valence electrons. The van der Waals surface area contributed by atoms with Crippen molar-refractivity contribution in [2.45, 2.75) is 44.6 Å². The number of nitrogens with zero attached hydrogens (tertiary/aromatic N) is 1. The van der Waals surface area contributed by atoms with Crippen LogP contribution < -0.4 is 0 Å². The maximum absolute atomic E-state index is 13.0. The highest BCUT2D eigenvalue weighted by Gasteiger charge is 2.36. The Morgan fingerprint density at radius 2 is 1.95 bits per heavy atom. The summed E-state index contributed by atoms with van der Waals surface area (Å²) in [5.41, 5.74) is 1.91. The minimum atomic E-state index is 0.231. The van der Waals surface area contributed by atoms with Gasteiger partial charge in [0.15, 0.2) is 0 Å². The molecule has 2 heterocycles. The third-order valence-corrected chi connectivity index (χ3v) is 5.33. The number of aromatic amines is 1.